The summed E-state index contributed by atoms with van der Waals surface area (Å²) in [6, 6.07) is 0. The van der Waals surface area contributed by atoms with Crippen molar-refractivity contribution in [3.63, 3.8) is 0 Å². The number of amides is 1. The monoisotopic (exact) mass is 391 g/mol. The first kappa shape index (κ1) is 26.4. The summed E-state index contributed by atoms with van der Waals surface area (Å²) in [5.74, 6) is -0.00276. The highest BCUT2D eigenvalue weighted by atomic mass is 16.3. The van der Waals surface area contributed by atoms with Crippen molar-refractivity contribution in [3.05, 3.63) is 48.6 Å². The first-order chi connectivity index (χ1) is 13.6. The minimum Gasteiger partial charge on any atom is -0.389 e. The van der Waals surface area contributed by atoms with Crippen molar-refractivity contribution >= 4 is 5.91 Å². The molecule has 0 saturated carbocycles. The fraction of sp³-hybridized carbons (Fsp3) is 0.625. The molecular formula is C24H41NO3. The second-order valence-electron chi connectivity index (χ2n) is 7.12. The standard InChI is InChI=1S/C24H41NO3/c1-3-4-5-6-7-8-9-10-13-17-22(26)18-14-11-12-15-19-23(27)20-16-21-24(28)25-2/h10-15,18-19,22-23,26-27H,3-9,16-17,20-21H2,1-2H3,(H,25,28). The van der Waals surface area contributed by atoms with E-state index >= 15 is 0 Å². The summed E-state index contributed by atoms with van der Waals surface area (Å²) in [5, 5.41) is 22.2. The van der Waals surface area contributed by atoms with Gasteiger partial charge in [-0.25, -0.2) is 0 Å². The molecule has 0 aromatic carbocycles. The molecule has 0 bridgehead atoms. The molecule has 0 aliphatic rings. The molecular weight excluding hydrogens is 350 g/mol. The Balaban J connectivity index is 3.75. The van der Waals surface area contributed by atoms with E-state index in [0.29, 0.717) is 25.7 Å². The number of unbranched alkanes of at least 4 members (excludes halogenated alkanes) is 6. The SMILES string of the molecule is CCCCCCCCC=CCC(O)C=CC=CC=CC(O)CCCC(=O)NC. The molecule has 4 heteroatoms. The molecule has 3 N–H and O–H groups in total. The fourth-order valence-electron chi connectivity index (χ4n) is 2.68. The van der Waals surface area contributed by atoms with E-state index in [1.807, 2.05) is 18.2 Å². The molecule has 2 unspecified atom stereocenters. The van der Waals surface area contributed by atoms with Gasteiger partial charge in [-0.05, 0) is 32.1 Å². The average molecular weight is 392 g/mol. The molecule has 0 rings (SSSR count). The van der Waals surface area contributed by atoms with E-state index < -0.39 is 12.2 Å². The lowest BCUT2D eigenvalue weighted by Gasteiger charge is -2.04. The summed E-state index contributed by atoms with van der Waals surface area (Å²) in [6.45, 7) is 2.24. The van der Waals surface area contributed by atoms with E-state index in [1.165, 1.54) is 38.5 Å². The van der Waals surface area contributed by atoms with Crippen molar-refractivity contribution in [2.75, 3.05) is 7.05 Å². The van der Waals surface area contributed by atoms with Gasteiger partial charge in [0, 0.05) is 13.5 Å². The molecule has 1 amide bonds. The van der Waals surface area contributed by atoms with Crippen LogP contribution in [-0.2, 0) is 4.79 Å². The highest BCUT2D eigenvalue weighted by molar-refractivity contribution is 5.75. The summed E-state index contributed by atoms with van der Waals surface area (Å²) < 4.78 is 0. The first-order valence-electron chi connectivity index (χ1n) is 10.8. The van der Waals surface area contributed by atoms with E-state index in [2.05, 4.69) is 24.4 Å². The Morgan fingerprint density at radius 3 is 2.18 bits per heavy atom. The third-order valence-corrected chi connectivity index (χ3v) is 4.45. The van der Waals surface area contributed by atoms with Crippen molar-refractivity contribution in [2.24, 2.45) is 0 Å². The zero-order valence-corrected chi connectivity index (χ0v) is 17.9. The van der Waals surface area contributed by atoms with Crippen LogP contribution >= 0.6 is 0 Å². The summed E-state index contributed by atoms with van der Waals surface area (Å²) in [4.78, 5) is 11.1. The van der Waals surface area contributed by atoms with Crippen molar-refractivity contribution in [1.29, 1.82) is 0 Å². The lowest BCUT2D eigenvalue weighted by atomic mass is 10.1. The maximum Gasteiger partial charge on any atom is 0.219 e. The molecule has 0 aromatic rings. The van der Waals surface area contributed by atoms with Gasteiger partial charge in [-0.2, -0.15) is 0 Å². The van der Waals surface area contributed by atoms with E-state index in [-0.39, 0.29) is 5.91 Å². The third-order valence-electron chi connectivity index (χ3n) is 4.45. The van der Waals surface area contributed by atoms with Crippen molar-refractivity contribution in [1.82, 2.24) is 5.32 Å². The van der Waals surface area contributed by atoms with Crippen LogP contribution in [0.5, 0.6) is 0 Å². The Bertz CT molecular complexity index is 480. The summed E-state index contributed by atoms with van der Waals surface area (Å²) in [7, 11) is 1.61. The number of carbonyl (C=O) groups is 1. The van der Waals surface area contributed by atoms with Gasteiger partial charge in [0.2, 0.25) is 5.91 Å². The number of rotatable bonds is 17. The van der Waals surface area contributed by atoms with Crippen LogP contribution in [0.4, 0.5) is 0 Å². The van der Waals surface area contributed by atoms with Crippen LogP contribution in [0, 0.1) is 0 Å². The Kier molecular flexibility index (Phi) is 18.9. The highest BCUT2D eigenvalue weighted by Crippen LogP contribution is 2.08. The number of hydrogen-bond donors (Lipinski definition) is 3. The van der Waals surface area contributed by atoms with Crippen LogP contribution in [0.15, 0.2) is 48.6 Å². The van der Waals surface area contributed by atoms with E-state index in [4.69, 9.17) is 0 Å². The third kappa shape index (κ3) is 19.1. The van der Waals surface area contributed by atoms with E-state index in [1.54, 1.807) is 25.3 Å². The molecule has 28 heavy (non-hydrogen) atoms. The lowest BCUT2D eigenvalue weighted by molar-refractivity contribution is -0.120. The normalized spacial score (nSPS) is 14.6. The van der Waals surface area contributed by atoms with Crippen LogP contribution in [0.1, 0.15) is 77.6 Å². The minimum atomic E-state index is -0.541. The number of carbonyl (C=O) groups excluding carboxylic acids is 1. The second kappa shape index (κ2) is 20.1. The van der Waals surface area contributed by atoms with Gasteiger partial charge in [-0.3, -0.25) is 4.79 Å². The Labute approximate surface area is 172 Å². The molecule has 0 aromatic heterocycles. The van der Waals surface area contributed by atoms with Crippen LogP contribution in [0.2, 0.25) is 0 Å². The van der Waals surface area contributed by atoms with Gasteiger partial charge in [0.05, 0.1) is 12.2 Å². The number of hydrogen-bond acceptors (Lipinski definition) is 3. The Hall–Kier alpha value is -1.65. The van der Waals surface area contributed by atoms with E-state index in [9.17, 15) is 15.0 Å². The van der Waals surface area contributed by atoms with Gasteiger partial charge in [0.1, 0.15) is 0 Å². The quantitative estimate of drug-likeness (QED) is 0.186. The minimum absolute atomic E-state index is 0.00276. The molecule has 160 valence electrons. The Morgan fingerprint density at radius 1 is 0.857 bits per heavy atom. The van der Waals surface area contributed by atoms with Crippen molar-refractivity contribution in [3.8, 4) is 0 Å². The molecule has 0 aliphatic heterocycles. The average Bonchev–Trinajstić information content (AvgIpc) is 2.69. The predicted molar refractivity (Wildman–Crippen MR) is 119 cm³/mol. The zero-order chi connectivity index (χ0) is 20.9. The number of nitrogens with one attached hydrogen (secondary N) is 1. The molecule has 0 saturated heterocycles. The molecule has 2 atom stereocenters. The van der Waals surface area contributed by atoms with E-state index in [0.717, 1.165) is 6.42 Å². The molecule has 0 heterocycles. The van der Waals surface area contributed by atoms with Gasteiger partial charge in [0.15, 0.2) is 0 Å². The van der Waals surface area contributed by atoms with Crippen LogP contribution in [-0.4, -0.2) is 35.4 Å². The molecule has 4 nitrogen and oxygen atoms in total. The Morgan fingerprint density at radius 2 is 1.50 bits per heavy atom. The van der Waals surface area contributed by atoms with Gasteiger partial charge in [-0.15, -0.1) is 0 Å². The number of aliphatic hydroxyl groups is 2. The molecule has 0 fully saturated rings. The zero-order valence-electron chi connectivity index (χ0n) is 17.9. The first-order valence-corrected chi connectivity index (χ1v) is 10.8. The largest absolute Gasteiger partial charge is 0.389 e. The molecule has 0 radical (unpaired) electrons. The van der Waals surface area contributed by atoms with Gasteiger partial charge in [0.25, 0.3) is 0 Å². The summed E-state index contributed by atoms with van der Waals surface area (Å²) >= 11 is 0. The maximum atomic E-state index is 11.1. The highest BCUT2D eigenvalue weighted by Gasteiger charge is 2.01. The lowest BCUT2D eigenvalue weighted by Crippen LogP contribution is -2.17. The van der Waals surface area contributed by atoms with Gasteiger partial charge < -0.3 is 15.5 Å². The number of allylic oxidation sites excluding steroid dienone is 5. The summed E-state index contributed by atoms with van der Waals surface area (Å²) in [6.07, 6.45) is 25.2. The van der Waals surface area contributed by atoms with Crippen LogP contribution in [0.3, 0.4) is 0 Å². The topological polar surface area (TPSA) is 69.6 Å². The molecule has 0 aliphatic carbocycles. The second-order valence-corrected chi connectivity index (χ2v) is 7.12. The van der Waals surface area contributed by atoms with Crippen molar-refractivity contribution in [2.45, 2.75) is 89.8 Å². The van der Waals surface area contributed by atoms with Crippen LogP contribution in [0.25, 0.3) is 0 Å². The van der Waals surface area contributed by atoms with Crippen LogP contribution < -0.4 is 5.32 Å². The predicted octanol–water partition coefficient (Wildman–Crippen LogP) is 4.99. The maximum absolute atomic E-state index is 11.1. The fourth-order valence-corrected chi connectivity index (χ4v) is 2.68. The van der Waals surface area contributed by atoms with Gasteiger partial charge in [-0.1, -0.05) is 87.6 Å². The van der Waals surface area contributed by atoms with Crippen molar-refractivity contribution < 1.29 is 15.0 Å². The summed E-state index contributed by atoms with van der Waals surface area (Å²) in [5.41, 5.74) is 0. The smallest absolute Gasteiger partial charge is 0.219 e. The number of aliphatic hydroxyl groups excluding tert-OH is 2. The molecule has 0 spiro atoms. The van der Waals surface area contributed by atoms with Gasteiger partial charge >= 0.3 is 0 Å².